The average molecular weight is 391 g/mol. The molecule has 0 aromatic heterocycles. The van der Waals surface area contributed by atoms with E-state index in [-0.39, 0.29) is 6.10 Å². The summed E-state index contributed by atoms with van der Waals surface area (Å²) in [5.41, 5.74) is 3.50. The van der Waals surface area contributed by atoms with Gasteiger partial charge in [0.25, 0.3) is 0 Å². The fraction of sp³-hybridized carbons (Fsp3) is 0.308. The van der Waals surface area contributed by atoms with Gasteiger partial charge < -0.3 is 14.6 Å². The summed E-state index contributed by atoms with van der Waals surface area (Å²) in [5, 5.41) is 10.5. The Labute approximate surface area is 173 Å². The smallest absolute Gasteiger partial charge is 0.122 e. The molecule has 3 rings (SSSR count). The first-order valence-electron chi connectivity index (χ1n) is 10.3. The fourth-order valence-corrected chi connectivity index (χ4v) is 3.23. The molecule has 0 bridgehead atoms. The summed E-state index contributed by atoms with van der Waals surface area (Å²) in [7, 11) is 0. The third-order valence-electron chi connectivity index (χ3n) is 5.07. The van der Waals surface area contributed by atoms with Crippen molar-refractivity contribution in [3.8, 4) is 5.75 Å². The van der Waals surface area contributed by atoms with Crippen LogP contribution in [0, 0.1) is 0 Å². The molecule has 1 N–H and O–H groups in total. The summed E-state index contributed by atoms with van der Waals surface area (Å²) >= 11 is 0. The number of ether oxygens (including phenoxy) is 2. The number of hydrogen-bond acceptors (Lipinski definition) is 3. The molecule has 0 radical (unpaired) electrons. The molecule has 3 heteroatoms. The molecule has 0 saturated heterocycles. The number of benzene rings is 3. The van der Waals surface area contributed by atoms with E-state index in [0.29, 0.717) is 19.6 Å². The van der Waals surface area contributed by atoms with Gasteiger partial charge in [-0.05, 0) is 42.5 Å². The van der Waals surface area contributed by atoms with Crippen LogP contribution in [0.25, 0.3) is 0 Å². The molecule has 0 fully saturated rings. The molecule has 2 atom stereocenters. The number of aliphatic hydroxyl groups is 1. The van der Waals surface area contributed by atoms with Gasteiger partial charge in [0, 0.05) is 6.42 Å². The molecule has 3 aromatic rings. The molecular weight excluding hydrogens is 360 g/mol. The van der Waals surface area contributed by atoms with Gasteiger partial charge >= 0.3 is 0 Å². The summed E-state index contributed by atoms with van der Waals surface area (Å²) in [6.45, 7) is 3.08. The number of aliphatic hydroxyl groups excluding tert-OH is 1. The largest absolute Gasteiger partial charge is 0.493 e. The highest BCUT2D eigenvalue weighted by Gasteiger charge is 2.16. The highest BCUT2D eigenvalue weighted by atomic mass is 16.5. The van der Waals surface area contributed by atoms with E-state index in [2.05, 4.69) is 18.2 Å². The Hall–Kier alpha value is -2.62. The normalized spacial score (nSPS) is 13.0. The van der Waals surface area contributed by atoms with Gasteiger partial charge in [0.1, 0.15) is 5.75 Å². The highest BCUT2D eigenvalue weighted by Crippen LogP contribution is 2.21. The van der Waals surface area contributed by atoms with Crippen molar-refractivity contribution in [2.45, 2.75) is 45.0 Å². The van der Waals surface area contributed by atoms with E-state index in [1.807, 2.05) is 73.7 Å². The minimum atomic E-state index is -0.518. The lowest BCUT2D eigenvalue weighted by Gasteiger charge is -2.20. The van der Waals surface area contributed by atoms with Crippen LogP contribution >= 0.6 is 0 Å². The molecule has 0 aliphatic rings. The summed E-state index contributed by atoms with van der Waals surface area (Å²) in [6, 6.07) is 28.5. The second kappa shape index (κ2) is 11.4. The number of para-hydroxylation sites is 1. The summed E-state index contributed by atoms with van der Waals surface area (Å²) in [5.74, 6) is 0.897. The molecule has 0 spiro atoms. The van der Waals surface area contributed by atoms with E-state index in [9.17, 15) is 5.11 Å². The molecule has 3 aromatic carbocycles. The Kier molecular flexibility index (Phi) is 8.29. The fourth-order valence-electron chi connectivity index (χ4n) is 3.23. The molecule has 0 aliphatic heterocycles. The Balaban J connectivity index is 1.45. The van der Waals surface area contributed by atoms with Crippen molar-refractivity contribution in [1.29, 1.82) is 0 Å². The second-order valence-electron chi connectivity index (χ2n) is 7.30. The van der Waals surface area contributed by atoms with Gasteiger partial charge in [-0.15, -0.1) is 0 Å². The van der Waals surface area contributed by atoms with Crippen LogP contribution in [0.3, 0.4) is 0 Å². The van der Waals surface area contributed by atoms with Gasteiger partial charge in [0.05, 0.1) is 25.4 Å². The second-order valence-corrected chi connectivity index (χ2v) is 7.30. The topological polar surface area (TPSA) is 38.7 Å². The molecule has 152 valence electrons. The molecule has 0 aliphatic carbocycles. The predicted octanol–water partition coefficient (Wildman–Crippen LogP) is 5.21. The zero-order valence-corrected chi connectivity index (χ0v) is 17.0. The van der Waals surface area contributed by atoms with E-state index in [0.717, 1.165) is 29.7 Å². The van der Waals surface area contributed by atoms with Crippen molar-refractivity contribution in [2.24, 2.45) is 0 Å². The summed E-state index contributed by atoms with van der Waals surface area (Å²) in [4.78, 5) is 0. The van der Waals surface area contributed by atoms with Crippen molar-refractivity contribution in [1.82, 2.24) is 0 Å². The zero-order valence-electron chi connectivity index (χ0n) is 17.0. The lowest BCUT2D eigenvalue weighted by Crippen LogP contribution is -2.26. The van der Waals surface area contributed by atoms with Crippen LogP contribution in [0.1, 0.15) is 30.0 Å². The van der Waals surface area contributed by atoms with E-state index in [1.165, 1.54) is 5.56 Å². The predicted molar refractivity (Wildman–Crippen MR) is 117 cm³/mol. The number of hydrogen-bond donors (Lipinski definition) is 1. The van der Waals surface area contributed by atoms with Crippen LogP contribution in [-0.4, -0.2) is 23.9 Å². The summed E-state index contributed by atoms with van der Waals surface area (Å²) < 4.78 is 11.9. The Bertz CT molecular complexity index is 833. The van der Waals surface area contributed by atoms with E-state index < -0.39 is 6.10 Å². The first-order chi connectivity index (χ1) is 14.2. The van der Waals surface area contributed by atoms with E-state index in [4.69, 9.17) is 9.47 Å². The minimum absolute atomic E-state index is 0.221. The molecule has 0 amide bonds. The third-order valence-corrected chi connectivity index (χ3v) is 5.07. The van der Waals surface area contributed by atoms with Crippen LogP contribution in [0.2, 0.25) is 0 Å². The van der Waals surface area contributed by atoms with Crippen LogP contribution in [0.4, 0.5) is 0 Å². The first-order valence-corrected chi connectivity index (χ1v) is 10.3. The third kappa shape index (κ3) is 7.04. The van der Waals surface area contributed by atoms with E-state index >= 15 is 0 Å². The highest BCUT2D eigenvalue weighted by molar-refractivity contribution is 5.33. The maximum absolute atomic E-state index is 10.5. The first kappa shape index (κ1) is 21.1. The van der Waals surface area contributed by atoms with Gasteiger partial charge in [-0.1, -0.05) is 78.9 Å². The van der Waals surface area contributed by atoms with Gasteiger partial charge in [-0.3, -0.25) is 0 Å². The average Bonchev–Trinajstić information content (AvgIpc) is 2.78. The van der Waals surface area contributed by atoms with Gasteiger partial charge in [0.15, 0.2) is 0 Å². The van der Waals surface area contributed by atoms with Crippen molar-refractivity contribution in [3.63, 3.8) is 0 Å². The summed E-state index contributed by atoms with van der Waals surface area (Å²) in [6.07, 6.45) is 1.52. The molecule has 0 heterocycles. The molecule has 3 nitrogen and oxygen atoms in total. The standard InChI is InChI=1S/C26H30O3/c1-21(29-20-23-12-6-3-7-13-23)25(27)17-16-24-14-8-9-15-26(24)28-19-18-22-10-4-2-5-11-22/h2-15,21,25,27H,16-20H2,1H3/t21?,25-/m0/s1. The molecule has 29 heavy (non-hydrogen) atoms. The molecular formula is C26H30O3. The van der Waals surface area contributed by atoms with Crippen LogP contribution in [-0.2, 0) is 24.2 Å². The lowest BCUT2D eigenvalue weighted by molar-refractivity contribution is -0.0377. The zero-order chi connectivity index (χ0) is 20.3. The van der Waals surface area contributed by atoms with Crippen LogP contribution < -0.4 is 4.74 Å². The van der Waals surface area contributed by atoms with Gasteiger partial charge in [-0.25, -0.2) is 0 Å². The van der Waals surface area contributed by atoms with Crippen molar-refractivity contribution in [3.05, 3.63) is 102 Å². The Morgan fingerprint density at radius 2 is 1.38 bits per heavy atom. The minimum Gasteiger partial charge on any atom is -0.493 e. The number of rotatable bonds is 11. The van der Waals surface area contributed by atoms with Crippen molar-refractivity contribution in [2.75, 3.05) is 6.61 Å². The van der Waals surface area contributed by atoms with Crippen molar-refractivity contribution >= 4 is 0 Å². The maximum Gasteiger partial charge on any atom is 0.122 e. The van der Waals surface area contributed by atoms with Crippen LogP contribution in [0.15, 0.2) is 84.9 Å². The maximum atomic E-state index is 10.5. The Morgan fingerprint density at radius 1 is 0.759 bits per heavy atom. The molecule has 1 unspecified atom stereocenters. The van der Waals surface area contributed by atoms with Gasteiger partial charge in [-0.2, -0.15) is 0 Å². The quantitative estimate of drug-likeness (QED) is 0.489. The molecule has 0 saturated carbocycles. The van der Waals surface area contributed by atoms with Crippen molar-refractivity contribution < 1.29 is 14.6 Å². The monoisotopic (exact) mass is 390 g/mol. The van der Waals surface area contributed by atoms with Crippen LogP contribution in [0.5, 0.6) is 5.75 Å². The lowest BCUT2D eigenvalue weighted by atomic mass is 10.0. The van der Waals surface area contributed by atoms with E-state index in [1.54, 1.807) is 0 Å². The van der Waals surface area contributed by atoms with Gasteiger partial charge in [0.2, 0.25) is 0 Å². The SMILES string of the molecule is CC(OCc1ccccc1)[C@@H](O)CCc1ccccc1OCCc1ccccc1. The Morgan fingerprint density at radius 3 is 2.10 bits per heavy atom. The number of aryl methyl sites for hydroxylation is 1.